The lowest BCUT2D eigenvalue weighted by Gasteiger charge is -2.10. The first-order chi connectivity index (χ1) is 7.67. The molecule has 0 bridgehead atoms. The van der Waals surface area contributed by atoms with Crippen molar-refractivity contribution in [3.63, 3.8) is 0 Å². The van der Waals surface area contributed by atoms with Crippen LogP contribution < -0.4 is 4.74 Å². The van der Waals surface area contributed by atoms with Gasteiger partial charge in [-0.25, -0.2) is 0 Å². The minimum Gasteiger partial charge on any atom is -0.494 e. The van der Waals surface area contributed by atoms with Gasteiger partial charge >= 0.3 is 5.97 Å². The maximum atomic E-state index is 10.9. The summed E-state index contributed by atoms with van der Waals surface area (Å²) in [6.07, 6.45) is 1.24. The minimum atomic E-state index is -0.726. The molecule has 0 saturated heterocycles. The van der Waals surface area contributed by atoms with Gasteiger partial charge in [-0.3, -0.25) is 4.79 Å². The van der Waals surface area contributed by atoms with Crippen molar-refractivity contribution in [2.24, 2.45) is 5.92 Å². The summed E-state index contributed by atoms with van der Waals surface area (Å²) < 4.78 is 5.32. The Labute approximate surface area is 96.1 Å². The highest BCUT2D eigenvalue weighted by molar-refractivity contribution is 5.70. The molecule has 3 nitrogen and oxygen atoms in total. The lowest BCUT2D eigenvalue weighted by molar-refractivity contribution is -0.141. The summed E-state index contributed by atoms with van der Waals surface area (Å²) in [5.74, 6) is -0.191. The molecule has 1 rings (SSSR count). The van der Waals surface area contributed by atoms with Crippen LogP contribution in [0.4, 0.5) is 0 Å². The average Bonchev–Trinajstić information content (AvgIpc) is 2.28. The monoisotopic (exact) mass is 222 g/mol. The molecule has 1 atom stereocenters. The minimum absolute atomic E-state index is 0.294. The van der Waals surface area contributed by atoms with E-state index >= 15 is 0 Å². The van der Waals surface area contributed by atoms with Crippen LogP contribution in [0.1, 0.15) is 25.8 Å². The largest absolute Gasteiger partial charge is 0.494 e. The molecule has 0 heterocycles. The van der Waals surface area contributed by atoms with Crippen LogP contribution in [0.5, 0.6) is 5.75 Å². The number of carbonyl (C=O) groups is 1. The number of hydrogen-bond donors (Lipinski definition) is 1. The van der Waals surface area contributed by atoms with Crippen LogP contribution in [0.2, 0.25) is 0 Å². The second-order valence-corrected chi connectivity index (χ2v) is 3.72. The van der Waals surface area contributed by atoms with Crippen LogP contribution in [-0.2, 0) is 11.2 Å². The molecule has 0 radical (unpaired) electrons. The standard InChI is InChI=1S/C13H18O3/c1-3-11(13(14)15)9-10-5-7-12(8-6-10)16-4-2/h5-8,11H,3-4,9H2,1-2H3,(H,14,15). The maximum Gasteiger partial charge on any atom is 0.306 e. The highest BCUT2D eigenvalue weighted by Crippen LogP contribution is 2.16. The van der Waals surface area contributed by atoms with E-state index in [1.165, 1.54) is 0 Å². The highest BCUT2D eigenvalue weighted by Gasteiger charge is 2.15. The molecule has 1 unspecified atom stereocenters. The van der Waals surface area contributed by atoms with E-state index in [4.69, 9.17) is 9.84 Å². The summed E-state index contributed by atoms with van der Waals surface area (Å²) in [4.78, 5) is 10.9. The Balaban J connectivity index is 2.63. The number of ether oxygens (including phenoxy) is 1. The lowest BCUT2D eigenvalue weighted by atomic mass is 9.97. The zero-order valence-corrected chi connectivity index (χ0v) is 9.77. The topological polar surface area (TPSA) is 46.5 Å². The third-order valence-electron chi connectivity index (χ3n) is 2.56. The van der Waals surface area contributed by atoms with Crippen LogP contribution in [0.25, 0.3) is 0 Å². The number of aliphatic carboxylic acids is 1. The molecule has 0 aliphatic rings. The van der Waals surface area contributed by atoms with Crippen LogP contribution in [-0.4, -0.2) is 17.7 Å². The fourth-order valence-electron chi connectivity index (χ4n) is 1.58. The van der Waals surface area contributed by atoms with Crippen LogP contribution >= 0.6 is 0 Å². The van der Waals surface area contributed by atoms with Crippen molar-refractivity contribution < 1.29 is 14.6 Å². The van der Waals surface area contributed by atoms with E-state index in [1.54, 1.807) is 0 Å². The number of rotatable bonds is 6. The summed E-state index contributed by atoms with van der Waals surface area (Å²) >= 11 is 0. The van der Waals surface area contributed by atoms with Crippen molar-refractivity contribution in [1.82, 2.24) is 0 Å². The fourth-order valence-corrected chi connectivity index (χ4v) is 1.58. The molecular formula is C13H18O3. The van der Waals surface area contributed by atoms with Gasteiger partial charge in [0.15, 0.2) is 0 Å². The van der Waals surface area contributed by atoms with E-state index in [1.807, 2.05) is 38.1 Å². The molecule has 1 N–H and O–H groups in total. The number of carboxylic acids is 1. The molecule has 0 aliphatic carbocycles. The van der Waals surface area contributed by atoms with Gasteiger partial charge in [0.25, 0.3) is 0 Å². The average molecular weight is 222 g/mol. The summed E-state index contributed by atoms with van der Waals surface area (Å²) in [6, 6.07) is 7.62. The van der Waals surface area contributed by atoms with Gasteiger partial charge in [-0.1, -0.05) is 19.1 Å². The van der Waals surface area contributed by atoms with Crippen molar-refractivity contribution in [2.75, 3.05) is 6.61 Å². The molecule has 0 amide bonds. The Hall–Kier alpha value is -1.51. The molecule has 0 aromatic heterocycles. The Bertz CT molecular complexity index is 330. The number of benzene rings is 1. The summed E-state index contributed by atoms with van der Waals surface area (Å²) in [5, 5.41) is 8.95. The van der Waals surface area contributed by atoms with Crippen LogP contribution in [0, 0.1) is 5.92 Å². The molecule has 1 aromatic carbocycles. The number of hydrogen-bond acceptors (Lipinski definition) is 2. The Kier molecular flexibility index (Phi) is 4.83. The van der Waals surface area contributed by atoms with Crippen LogP contribution in [0.3, 0.4) is 0 Å². The second kappa shape index (κ2) is 6.16. The first-order valence-electron chi connectivity index (χ1n) is 5.61. The molecule has 16 heavy (non-hydrogen) atoms. The number of carboxylic acid groups (broad SMARTS) is 1. The molecule has 0 fully saturated rings. The van der Waals surface area contributed by atoms with E-state index < -0.39 is 5.97 Å². The third-order valence-corrected chi connectivity index (χ3v) is 2.56. The Morgan fingerprint density at radius 3 is 2.38 bits per heavy atom. The molecule has 88 valence electrons. The molecule has 1 aromatic rings. The van der Waals surface area contributed by atoms with Gasteiger partial charge in [0.2, 0.25) is 0 Å². The van der Waals surface area contributed by atoms with Gasteiger partial charge in [0, 0.05) is 0 Å². The Morgan fingerprint density at radius 2 is 1.94 bits per heavy atom. The highest BCUT2D eigenvalue weighted by atomic mass is 16.5. The smallest absolute Gasteiger partial charge is 0.306 e. The van der Waals surface area contributed by atoms with Crippen molar-refractivity contribution in [2.45, 2.75) is 26.7 Å². The van der Waals surface area contributed by atoms with Crippen molar-refractivity contribution in [3.8, 4) is 5.75 Å². The maximum absolute atomic E-state index is 10.9. The first kappa shape index (κ1) is 12.6. The van der Waals surface area contributed by atoms with E-state index in [2.05, 4.69) is 0 Å². The molecule has 0 spiro atoms. The van der Waals surface area contributed by atoms with Gasteiger partial charge in [-0.05, 0) is 37.5 Å². The summed E-state index contributed by atoms with van der Waals surface area (Å²) in [5.41, 5.74) is 1.04. The van der Waals surface area contributed by atoms with Crippen molar-refractivity contribution in [1.29, 1.82) is 0 Å². The van der Waals surface area contributed by atoms with Crippen molar-refractivity contribution in [3.05, 3.63) is 29.8 Å². The Morgan fingerprint density at radius 1 is 1.31 bits per heavy atom. The molecule has 3 heteroatoms. The first-order valence-corrected chi connectivity index (χ1v) is 5.61. The van der Waals surface area contributed by atoms with Gasteiger partial charge in [0.05, 0.1) is 12.5 Å². The van der Waals surface area contributed by atoms with E-state index in [0.29, 0.717) is 19.4 Å². The van der Waals surface area contributed by atoms with Gasteiger partial charge in [-0.15, -0.1) is 0 Å². The predicted molar refractivity (Wildman–Crippen MR) is 62.7 cm³/mol. The fraction of sp³-hybridized carbons (Fsp3) is 0.462. The predicted octanol–water partition coefficient (Wildman–Crippen LogP) is 2.74. The third kappa shape index (κ3) is 3.57. The molecule has 0 aliphatic heterocycles. The van der Waals surface area contributed by atoms with E-state index in [0.717, 1.165) is 11.3 Å². The summed E-state index contributed by atoms with van der Waals surface area (Å²) in [7, 11) is 0. The van der Waals surface area contributed by atoms with E-state index in [-0.39, 0.29) is 5.92 Å². The van der Waals surface area contributed by atoms with Gasteiger partial charge in [-0.2, -0.15) is 0 Å². The summed E-state index contributed by atoms with van der Waals surface area (Å²) in [6.45, 7) is 4.48. The van der Waals surface area contributed by atoms with Crippen LogP contribution in [0.15, 0.2) is 24.3 Å². The lowest BCUT2D eigenvalue weighted by Crippen LogP contribution is -2.15. The molecule has 0 saturated carbocycles. The molecular weight excluding hydrogens is 204 g/mol. The zero-order chi connectivity index (χ0) is 12.0. The van der Waals surface area contributed by atoms with Gasteiger partial charge < -0.3 is 9.84 Å². The van der Waals surface area contributed by atoms with Gasteiger partial charge in [0.1, 0.15) is 5.75 Å². The normalized spacial score (nSPS) is 12.1. The van der Waals surface area contributed by atoms with E-state index in [9.17, 15) is 4.79 Å². The van der Waals surface area contributed by atoms with Crippen molar-refractivity contribution >= 4 is 5.97 Å². The zero-order valence-electron chi connectivity index (χ0n) is 9.77. The quantitative estimate of drug-likeness (QED) is 0.805. The second-order valence-electron chi connectivity index (χ2n) is 3.72. The SMILES string of the molecule is CCOc1ccc(CC(CC)C(=O)O)cc1.